The van der Waals surface area contributed by atoms with Crippen LogP contribution in [0, 0.1) is 41.5 Å². The Bertz CT molecular complexity index is 2370. The van der Waals surface area contributed by atoms with Crippen molar-refractivity contribution in [2.45, 2.75) is 41.5 Å². The topological polar surface area (TPSA) is 97.8 Å². The zero-order chi connectivity index (χ0) is 40.2. The summed E-state index contributed by atoms with van der Waals surface area (Å²) < 4.78 is 0. The van der Waals surface area contributed by atoms with Gasteiger partial charge in [-0.15, -0.1) is 0 Å². The molecule has 7 aromatic carbocycles. The number of hydrogen-bond acceptors (Lipinski definition) is 6. The van der Waals surface area contributed by atoms with E-state index in [0.29, 0.717) is 16.7 Å². The molecule has 6 nitrogen and oxygen atoms in total. The van der Waals surface area contributed by atoms with Gasteiger partial charge in [0.1, 0.15) is 17.2 Å². The Morgan fingerprint density at radius 2 is 0.561 bits per heavy atom. The van der Waals surface area contributed by atoms with E-state index >= 15 is 0 Å². The molecular formula is C51H45N3O3. The van der Waals surface area contributed by atoms with E-state index in [4.69, 9.17) is 15.0 Å². The molecule has 0 amide bonds. The van der Waals surface area contributed by atoms with Gasteiger partial charge in [-0.25, -0.2) is 0 Å². The highest BCUT2D eigenvalue weighted by Gasteiger charge is 2.13. The maximum Gasteiger partial charge on any atom is 0.124 e. The van der Waals surface area contributed by atoms with Gasteiger partial charge in [-0.1, -0.05) is 72.8 Å². The van der Waals surface area contributed by atoms with Crippen LogP contribution in [-0.2, 0) is 0 Å². The Hall–Kier alpha value is -7.05. The average molecular weight is 748 g/mol. The first-order valence-electron chi connectivity index (χ1n) is 18.9. The summed E-state index contributed by atoms with van der Waals surface area (Å²) in [6.45, 7) is 12.2. The van der Waals surface area contributed by atoms with Crippen molar-refractivity contribution in [1.82, 2.24) is 0 Å². The predicted molar refractivity (Wildman–Crippen MR) is 237 cm³/mol. The van der Waals surface area contributed by atoms with E-state index in [9.17, 15) is 15.3 Å². The van der Waals surface area contributed by atoms with Gasteiger partial charge >= 0.3 is 0 Å². The fraction of sp³-hybridized carbons (Fsp3) is 0.118. The Morgan fingerprint density at radius 3 is 0.807 bits per heavy atom. The van der Waals surface area contributed by atoms with E-state index in [2.05, 4.69) is 18.2 Å². The molecule has 0 aliphatic rings. The van der Waals surface area contributed by atoms with Crippen LogP contribution < -0.4 is 0 Å². The minimum Gasteiger partial charge on any atom is -0.507 e. The Balaban J connectivity index is 1.35. The molecule has 0 fully saturated rings. The van der Waals surface area contributed by atoms with E-state index in [-0.39, 0.29) is 17.2 Å². The second kappa shape index (κ2) is 16.4. The van der Waals surface area contributed by atoms with Crippen molar-refractivity contribution in [3.05, 3.63) is 177 Å². The standard InChI is InChI=1S/C51H45N3O3/c1-31-10-7-11-32(2)49(31)52-28-43-22-37(16-19-46(43)55)40-25-41(38-17-20-47(56)44(23-38)29-53-50-33(3)12-8-13-34(50)4)27-42(26-40)39-18-21-48(57)45(24-39)30-54-51-35(5)14-9-15-36(51)6/h7-30,55-57H,1-6H3. The van der Waals surface area contributed by atoms with Crippen LogP contribution in [0.15, 0.2) is 142 Å². The van der Waals surface area contributed by atoms with Crippen LogP contribution >= 0.6 is 0 Å². The number of nitrogens with zero attached hydrogens (tertiary/aromatic N) is 3. The monoisotopic (exact) mass is 747 g/mol. The van der Waals surface area contributed by atoms with Gasteiger partial charge in [-0.3, -0.25) is 15.0 Å². The van der Waals surface area contributed by atoms with E-state index in [1.165, 1.54) is 0 Å². The third kappa shape index (κ3) is 8.46. The highest BCUT2D eigenvalue weighted by molar-refractivity contribution is 5.93. The Kier molecular flexibility index (Phi) is 11.0. The van der Waals surface area contributed by atoms with Crippen molar-refractivity contribution in [1.29, 1.82) is 0 Å². The van der Waals surface area contributed by atoms with E-state index < -0.39 is 0 Å². The number of phenolic OH excluding ortho intramolecular Hbond substituents is 3. The van der Waals surface area contributed by atoms with E-state index in [0.717, 1.165) is 83.8 Å². The second-order valence-corrected chi connectivity index (χ2v) is 14.6. The summed E-state index contributed by atoms with van der Waals surface area (Å²) in [6.07, 6.45) is 5.13. The molecule has 0 aliphatic heterocycles. The van der Waals surface area contributed by atoms with Crippen LogP contribution in [0.3, 0.4) is 0 Å². The number of aryl methyl sites for hydroxylation is 6. The van der Waals surface area contributed by atoms with Gasteiger partial charge in [0, 0.05) is 35.3 Å². The molecule has 7 aromatic rings. The minimum absolute atomic E-state index is 0.128. The van der Waals surface area contributed by atoms with E-state index in [1.54, 1.807) is 36.8 Å². The normalized spacial score (nSPS) is 11.7. The SMILES string of the molecule is Cc1cccc(C)c1N=Cc1cc(-c2cc(-c3ccc(O)c(C=Nc4c(C)cccc4C)c3)cc(-c3ccc(O)c(C=Nc4c(C)cccc4C)c3)c2)ccc1O. The summed E-state index contributed by atoms with van der Waals surface area (Å²) in [5.74, 6) is 0.383. The summed E-state index contributed by atoms with van der Waals surface area (Å²) in [6, 6.07) is 41.1. The van der Waals surface area contributed by atoms with E-state index in [1.807, 2.05) is 133 Å². The lowest BCUT2D eigenvalue weighted by Gasteiger charge is -2.14. The average Bonchev–Trinajstić information content (AvgIpc) is 3.19. The van der Waals surface area contributed by atoms with Crippen LogP contribution in [0.1, 0.15) is 50.1 Å². The van der Waals surface area contributed by atoms with Crippen molar-refractivity contribution in [3.63, 3.8) is 0 Å². The van der Waals surface area contributed by atoms with Crippen LogP contribution in [0.2, 0.25) is 0 Å². The molecular weight excluding hydrogens is 703 g/mol. The van der Waals surface area contributed by atoms with Gasteiger partial charge in [0.05, 0.1) is 17.1 Å². The van der Waals surface area contributed by atoms with Crippen molar-refractivity contribution in [3.8, 4) is 50.6 Å². The van der Waals surface area contributed by atoms with Crippen LogP contribution in [0.5, 0.6) is 17.2 Å². The van der Waals surface area contributed by atoms with Crippen molar-refractivity contribution < 1.29 is 15.3 Å². The molecule has 7 rings (SSSR count). The molecule has 0 radical (unpaired) electrons. The number of para-hydroxylation sites is 3. The second-order valence-electron chi connectivity index (χ2n) is 14.6. The molecule has 6 heteroatoms. The number of benzene rings is 7. The molecule has 0 aromatic heterocycles. The molecule has 0 unspecified atom stereocenters. The van der Waals surface area contributed by atoms with Gasteiger partial charge in [0.15, 0.2) is 0 Å². The predicted octanol–water partition coefficient (Wildman–Crippen LogP) is 12.9. The van der Waals surface area contributed by atoms with Crippen molar-refractivity contribution in [2.75, 3.05) is 0 Å². The Labute approximate surface area is 334 Å². The summed E-state index contributed by atoms with van der Waals surface area (Å²) in [4.78, 5) is 14.3. The summed E-state index contributed by atoms with van der Waals surface area (Å²) in [5.41, 5.74) is 16.1. The molecule has 0 saturated heterocycles. The number of aliphatic imine (C=N–C) groups is 3. The molecule has 0 aliphatic carbocycles. The molecule has 3 N–H and O–H groups in total. The first-order valence-corrected chi connectivity index (χ1v) is 18.9. The zero-order valence-electron chi connectivity index (χ0n) is 33.0. The van der Waals surface area contributed by atoms with Crippen LogP contribution in [0.4, 0.5) is 17.1 Å². The third-order valence-electron chi connectivity index (χ3n) is 10.3. The zero-order valence-corrected chi connectivity index (χ0v) is 33.0. The molecule has 0 heterocycles. The van der Waals surface area contributed by atoms with Gasteiger partial charge in [-0.2, -0.15) is 0 Å². The lowest BCUT2D eigenvalue weighted by atomic mass is 9.91. The first kappa shape index (κ1) is 38.2. The molecule has 282 valence electrons. The summed E-state index contributed by atoms with van der Waals surface area (Å²) in [7, 11) is 0. The lowest BCUT2D eigenvalue weighted by molar-refractivity contribution is 0.474. The largest absolute Gasteiger partial charge is 0.507 e. The fourth-order valence-electron chi connectivity index (χ4n) is 7.07. The van der Waals surface area contributed by atoms with Gasteiger partial charge in [-0.05, 0) is 163 Å². The number of aromatic hydroxyl groups is 3. The molecule has 0 spiro atoms. The Morgan fingerprint density at radius 1 is 0.316 bits per heavy atom. The van der Waals surface area contributed by atoms with Gasteiger partial charge in [0.25, 0.3) is 0 Å². The van der Waals surface area contributed by atoms with Gasteiger partial charge < -0.3 is 15.3 Å². The lowest BCUT2D eigenvalue weighted by Crippen LogP contribution is -1.91. The van der Waals surface area contributed by atoms with Crippen molar-refractivity contribution in [2.24, 2.45) is 15.0 Å². The molecule has 0 saturated carbocycles. The number of phenols is 3. The first-order chi connectivity index (χ1) is 27.4. The molecule has 0 bridgehead atoms. The highest BCUT2D eigenvalue weighted by atomic mass is 16.3. The molecule has 0 atom stereocenters. The van der Waals surface area contributed by atoms with Gasteiger partial charge in [0.2, 0.25) is 0 Å². The quantitative estimate of drug-likeness (QED) is 0.128. The minimum atomic E-state index is 0.128. The number of rotatable bonds is 9. The summed E-state index contributed by atoms with van der Waals surface area (Å²) in [5, 5.41) is 32.8. The fourth-order valence-corrected chi connectivity index (χ4v) is 7.07. The maximum atomic E-state index is 10.9. The smallest absolute Gasteiger partial charge is 0.124 e. The maximum absolute atomic E-state index is 10.9. The third-order valence-corrected chi connectivity index (χ3v) is 10.3. The highest BCUT2D eigenvalue weighted by Crippen LogP contribution is 2.37. The van der Waals surface area contributed by atoms with Crippen molar-refractivity contribution >= 4 is 35.7 Å². The number of hydrogen-bond donors (Lipinski definition) is 3. The summed E-state index contributed by atoms with van der Waals surface area (Å²) >= 11 is 0. The molecule has 57 heavy (non-hydrogen) atoms. The van der Waals surface area contributed by atoms with Crippen LogP contribution in [0.25, 0.3) is 33.4 Å². The van der Waals surface area contributed by atoms with Crippen LogP contribution in [-0.4, -0.2) is 34.0 Å².